The summed E-state index contributed by atoms with van der Waals surface area (Å²) in [4.78, 5) is 0. The SMILES string of the molecule is CCNC1c2ccccc2C(C)CC1SC(C)C(C)C. The number of fused-ring (bicyclic) bond motifs is 1. The Morgan fingerprint density at radius 2 is 1.85 bits per heavy atom. The van der Waals surface area contributed by atoms with Crippen molar-refractivity contribution in [3.63, 3.8) is 0 Å². The molecule has 1 aromatic rings. The summed E-state index contributed by atoms with van der Waals surface area (Å²) in [6.07, 6.45) is 1.29. The number of thioether (sulfide) groups is 1. The summed E-state index contributed by atoms with van der Waals surface area (Å²) in [6, 6.07) is 9.53. The van der Waals surface area contributed by atoms with E-state index in [9.17, 15) is 0 Å². The van der Waals surface area contributed by atoms with Crippen molar-refractivity contribution in [2.24, 2.45) is 5.92 Å². The van der Waals surface area contributed by atoms with Crippen molar-refractivity contribution in [1.82, 2.24) is 5.32 Å². The number of rotatable bonds is 5. The summed E-state index contributed by atoms with van der Waals surface area (Å²) >= 11 is 2.18. The molecule has 2 heteroatoms. The fourth-order valence-electron chi connectivity index (χ4n) is 3.08. The first kappa shape index (κ1) is 15.9. The van der Waals surface area contributed by atoms with Crippen LogP contribution >= 0.6 is 11.8 Å². The van der Waals surface area contributed by atoms with E-state index in [1.54, 1.807) is 5.56 Å². The summed E-state index contributed by atoms with van der Waals surface area (Å²) in [7, 11) is 0. The third kappa shape index (κ3) is 3.40. The van der Waals surface area contributed by atoms with Gasteiger partial charge in [-0.1, -0.05) is 58.9 Å². The van der Waals surface area contributed by atoms with Gasteiger partial charge in [-0.05, 0) is 35.9 Å². The van der Waals surface area contributed by atoms with Gasteiger partial charge in [0, 0.05) is 16.5 Å². The van der Waals surface area contributed by atoms with Crippen LogP contribution < -0.4 is 5.32 Å². The molecule has 0 heterocycles. The molecule has 4 unspecified atom stereocenters. The molecule has 1 aliphatic carbocycles. The number of benzene rings is 1. The molecule has 4 atom stereocenters. The largest absolute Gasteiger partial charge is 0.309 e. The van der Waals surface area contributed by atoms with Gasteiger partial charge in [0.25, 0.3) is 0 Å². The van der Waals surface area contributed by atoms with Crippen molar-refractivity contribution in [2.45, 2.75) is 63.5 Å². The van der Waals surface area contributed by atoms with E-state index in [4.69, 9.17) is 0 Å². The highest BCUT2D eigenvalue weighted by Crippen LogP contribution is 2.44. The van der Waals surface area contributed by atoms with Gasteiger partial charge in [-0.15, -0.1) is 0 Å². The Hall–Kier alpha value is -0.470. The Balaban J connectivity index is 2.25. The molecular formula is C18H29NS. The second-order valence-electron chi connectivity index (χ2n) is 6.42. The van der Waals surface area contributed by atoms with Gasteiger partial charge in [0.05, 0.1) is 0 Å². The fourth-order valence-corrected chi connectivity index (χ4v) is 4.75. The maximum Gasteiger partial charge on any atom is 0.0443 e. The molecule has 1 aromatic carbocycles. The molecule has 20 heavy (non-hydrogen) atoms. The molecule has 0 aromatic heterocycles. The standard InChI is InChI=1S/C18H29NS/c1-6-19-18-16-10-8-7-9-15(16)13(4)11-17(18)20-14(5)12(2)3/h7-10,12-14,17-19H,6,11H2,1-5H3. The smallest absolute Gasteiger partial charge is 0.0443 e. The molecule has 2 rings (SSSR count). The van der Waals surface area contributed by atoms with Crippen molar-refractivity contribution >= 4 is 11.8 Å². The van der Waals surface area contributed by atoms with Gasteiger partial charge in [-0.25, -0.2) is 0 Å². The average Bonchev–Trinajstić information content (AvgIpc) is 2.43. The van der Waals surface area contributed by atoms with Crippen LogP contribution in [0.3, 0.4) is 0 Å². The van der Waals surface area contributed by atoms with Crippen molar-refractivity contribution in [3.05, 3.63) is 35.4 Å². The Morgan fingerprint density at radius 3 is 2.45 bits per heavy atom. The summed E-state index contributed by atoms with van der Waals surface area (Å²) in [5.74, 6) is 1.42. The first-order valence-corrected chi connectivity index (χ1v) is 8.96. The van der Waals surface area contributed by atoms with Gasteiger partial charge in [-0.2, -0.15) is 11.8 Å². The minimum atomic E-state index is 0.513. The first-order chi connectivity index (χ1) is 9.54. The normalized spacial score (nSPS) is 27.4. The molecule has 0 spiro atoms. The predicted molar refractivity (Wildman–Crippen MR) is 91.6 cm³/mol. The maximum absolute atomic E-state index is 3.73. The monoisotopic (exact) mass is 291 g/mol. The van der Waals surface area contributed by atoms with Gasteiger partial charge < -0.3 is 5.32 Å². The Bertz CT molecular complexity index is 429. The summed E-state index contributed by atoms with van der Waals surface area (Å²) in [6.45, 7) is 12.7. The second kappa shape index (κ2) is 7.00. The van der Waals surface area contributed by atoms with Gasteiger partial charge in [0.1, 0.15) is 0 Å². The second-order valence-corrected chi connectivity index (χ2v) is 8.05. The van der Waals surface area contributed by atoms with Crippen LogP contribution in [0.1, 0.15) is 64.1 Å². The van der Waals surface area contributed by atoms with Crippen LogP contribution in [0.4, 0.5) is 0 Å². The fraction of sp³-hybridized carbons (Fsp3) is 0.667. The molecule has 0 amide bonds. The molecule has 0 saturated heterocycles. The van der Waals surface area contributed by atoms with Crippen LogP contribution in [-0.2, 0) is 0 Å². The molecule has 112 valence electrons. The van der Waals surface area contributed by atoms with Crippen LogP contribution in [0.25, 0.3) is 0 Å². The Morgan fingerprint density at radius 1 is 1.20 bits per heavy atom. The van der Waals surface area contributed by atoms with E-state index in [1.807, 2.05) is 0 Å². The number of hydrogen-bond donors (Lipinski definition) is 1. The van der Waals surface area contributed by atoms with Crippen LogP contribution in [0, 0.1) is 5.92 Å². The minimum Gasteiger partial charge on any atom is -0.309 e. The van der Waals surface area contributed by atoms with Gasteiger partial charge in [0.15, 0.2) is 0 Å². The van der Waals surface area contributed by atoms with Crippen molar-refractivity contribution in [3.8, 4) is 0 Å². The van der Waals surface area contributed by atoms with E-state index < -0.39 is 0 Å². The molecule has 0 bridgehead atoms. The highest BCUT2D eigenvalue weighted by atomic mass is 32.2. The Kier molecular flexibility index (Phi) is 5.57. The van der Waals surface area contributed by atoms with E-state index in [0.29, 0.717) is 17.2 Å². The van der Waals surface area contributed by atoms with E-state index in [-0.39, 0.29) is 0 Å². The lowest BCUT2D eigenvalue weighted by Crippen LogP contribution is -2.36. The molecule has 0 radical (unpaired) electrons. The molecule has 1 N–H and O–H groups in total. The van der Waals surface area contributed by atoms with Crippen molar-refractivity contribution in [2.75, 3.05) is 6.54 Å². The zero-order chi connectivity index (χ0) is 14.7. The molecular weight excluding hydrogens is 262 g/mol. The van der Waals surface area contributed by atoms with Crippen molar-refractivity contribution < 1.29 is 0 Å². The maximum atomic E-state index is 3.73. The van der Waals surface area contributed by atoms with Crippen LogP contribution in [-0.4, -0.2) is 17.0 Å². The molecule has 0 fully saturated rings. The predicted octanol–water partition coefficient (Wildman–Crippen LogP) is 4.99. The third-order valence-electron chi connectivity index (χ3n) is 4.57. The Labute approximate surface area is 128 Å². The lowest BCUT2D eigenvalue weighted by molar-refractivity contribution is 0.451. The topological polar surface area (TPSA) is 12.0 Å². The van der Waals surface area contributed by atoms with Gasteiger partial charge in [0.2, 0.25) is 0 Å². The number of nitrogens with one attached hydrogen (secondary N) is 1. The summed E-state index contributed by atoms with van der Waals surface area (Å²) in [5.41, 5.74) is 3.08. The zero-order valence-electron chi connectivity index (χ0n) is 13.5. The van der Waals surface area contributed by atoms with E-state index in [1.165, 1.54) is 12.0 Å². The minimum absolute atomic E-state index is 0.513. The lowest BCUT2D eigenvalue weighted by atomic mass is 9.80. The van der Waals surface area contributed by atoms with Crippen LogP contribution in [0.5, 0.6) is 0 Å². The summed E-state index contributed by atoms with van der Waals surface area (Å²) in [5, 5.41) is 5.15. The van der Waals surface area contributed by atoms with Crippen LogP contribution in [0.2, 0.25) is 0 Å². The third-order valence-corrected chi connectivity index (χ3v) is 6.36. The number of hydrogen-bond acceptors (Lipinski definition) is 2. The van der Waals surface area contributed by atoms with Crippen molar-refractivity contribution in [1.29, 1.82) is 0 Å². The molecule has 0 aliphatic heterocycles. The van der Waals surface area contributed by atoms with Gasteiger partial charge >= 0.3 is 0 Å². The van der Waals surface area contributed by atoms with Crippen LogP contribution in [0.15, 0.2) is 24.3 Å². The molecule has 0 saturated carbocycles. The van der Waals surface area contributed by atoms with E-state index in [0.717, 1.165) is 17.7 Å². The lowest BCUT2D eigenvalue weighted by Gasteiger charge is -2.38. The van der Waals surface area contributed by atoms with E-state index in [2.05, 4.69) is 76.0 Å². The molecule has 1 nitrogen and oxygen atoms in total. The quantitative estimate of drug-likeness (QED) is 0.820. The highest BCUT2D eigenvalue weighted by Gasteiger charge is 2.33. The molecule has 1 aliphatic rings. The zero-order valence-corrected chi connectivity index (χ0v) is 14.3. The summed E-state index contributed by atoms with van der Waals surface area (Å²) < 4.78 is 0. The van der Waals surface area contributed by atoms with E-state index >= 15 is 0 Å². The highest BCUT2D eigenvalue weighted by molar-refractivity contribution is 8.00. The van der Waals surface area contributed by atoms with Gasteiger partial charge in [-0.3, -0.25) is 0 Å². The average molecular weight is 292 g/mol. The first-order valence-electron chi connectivity index (χ1n) is 8.02.